The molecule has 3 heteroatoms. The topological polar surface area (TPSA) is 40.5 Å². The summed E-state index contributed by atoms with van der Waals surface area (Å²) in [6.45, 7) is 3.08. The SMILES string of the molecule is CC(=CCN(C)Cc1ccccc1)C(=O)O. The minimum atomic E-state index is -0.854. The second kappa shape index (κ2) is 6.08. The minimum Gasteiger partial charge on any atom is -0.478 e. The molecule has 1 aromatic carbocycles. The lowest BCUT2D eigenvalue weighted by Gasteiger charge is -2.14. The molecule has 0 fully saturated rings. The summed E-state index contributed by atoms with van der Waals surface area (Å²) in [5, 5.41) is 8.70. The van der Waals surface area contributed by atoms with Crippen LogP contribution in [0.4, 0.5) is 0 Å². The number of benzene rings is 1. The number of rotatable bonds is 5. The number of likely N-dealkylation sites (N-methyl/N-ethyl adjacent to an activating group) is 1. The first-order valence-electron chi connectivity index (χ1n) is 5.22. The molecule has 0 aliphatic heterocycles. The van der Waals surface area contributed by atoms with Crippen molar-refractivity contribution in [2.24, 2.45) is 0 Å². The summed E-state index contributed by atoms with van der Waals surface area (Å²) in [6, 6.07) is 10.1. The van der Waals surface area contributed by atoms with Gasteiger partial charge in [-0.1, -0.05) is 36.4 Å². The standard InChI is InChI=1S/C13H17NO2/c1-11(13(15)16)8-9-14(2)10-12-6-4-3-5-7-12/h3-8H,9-10H2,1-2H3,(H,15,16). The van der Waals surface area contributed by atoms with Gasteiger partial charge in [0, 0.05) is 18.7 Å². The fourth-order valence-corrected chi connectivity index (χ4v) is 1.34. The molecule has 0 bridgehead atoms. The average molecular weight is 219 g/mol. The minimum absolute atomic E-state index is 0.389. The van der Waals surface area contributed by atoms with Gasteiger partial charge in [-0.15, -0.1) is 0 Å². The van der Waals surface area contributed by atoms with Gasteiger partial charge < -0.3 is 5.11 Å². The van der Waals surface area contributed by atoms with E-state index in [1.165, 1.54) is 5.56 Å². The maximum atomic E-state index is 10.6. The van der Waals surface area contributed by atoms with Crippen LogP contribution in [0.25, 0.3) is 0 Å². The zero-order valence-corrected chi connectivity index (χ0v) is 9.68. The van der Waals surface area contributed by atoms with Gasteiger partial charge in [0.05, 0.1) is 0 Å². The van der Waals surface area contributed by atoms with Crippen LogP contribution in [0.3, 0.4) is 0 Å². The molecule has 0 spiro atoms. The summed E-state index contributed by atoms with van der Waals surface area (Å²) < 4.78 is 0. The molecule has 0 heterocycles. The van der Waals surface area contributed by atoms with Crippen molar-refractivity contribution >= 4 is 5.97 Å². The molecule has 0 aromatic heterocycles. The van der Waals surface area contributed by atoms with E-state index in [1.54, 1.807) is 13.0 Å². The molecule has 0 saturated carbocycles. The first-order valence-corrected chi connectivity index (χ1v) is 5.22. The molecule has 0 aliphatic carbocycles. The maximum Gasteiger partial charge on any atom is 0.330 e. The molecule has 0 amide bonds. The molecule has 86 valence electrons. The van der Waals surface area contributed by atoms with Crippen molar-refractivity contribution in [2.75, 3.05) is 13.6 Å². The van der Waals surface area contributed by atoms with Crippen molar-refractivity contribution in [3.63, 3.8) is 0 Å². The molecule has 0 unspecified atom stereocenters. The summed E-state index contributed by atoms with van der Waals surface area (Å²) in [5.41, 5.74) is 1.62. The van der Waals surface area contributed by atoms with Crippen LogP contribution >= 0.6 is 0 Å². The molecule has 1 N–H and O–H groups in total. The number of aliphatic carboxylic acids is 1. The molecule has 0 saturated heterocycles. The van der Waals surface area contributed by atoms with Gasteiger partial charge in [0.2, 0.25) is 0 Å². The molecule has 16 heavy (non-hydrogen) atoms. The van der Waals surface area contributed by atoms with Crippen LogP contribution < -0.4 is 0 Å². The van der Waals surface area contributed by atoms with Crippen LogP contribution in [0.5, 0.6) is 0 Å². The Hall–Kier alpha value is -1.61. The number of nitrogens with zero attached hydrogens (tertiary/aromatic N) is 1. The van der Waals surface area contributed by atoms with Crippen molar-refractivity contribution < 1.29 is 9.90 Å². The van der Waals surface area contributed by atoms with Crippen LogP contribution in [0.15, 0.2) is 42.0 Å². The lowest BCUT2D eigenvalue weighted by atomic mass is 10.2. The third-order valence-electron chi connectivity index (χ3n) is 2.34. The maximum absolute atomic E-state index is 10.6. The fourth-order valence-electron chi connectivity index (χ4n) is 1.34. The number of hydrogen-bond acceptors (Lipinski definition) is 2. The monoisotopic (exact) mass is 219 g/mol. The number of carboxylic acids is 1. The van der Waals surface area contributed by atoms with Gasteiger partial charge in [0.1, 0.15) is 0 Å². The van der Waals surface area contributed by atoms with Crippen LogP contribution in [0.2, 0.25) is 0 Å². The highest BCUT2D eigenvalue weighted by atomic mass is 16.4. The normalized spacial score (nSPS) is 11.8. The molecule has 1 aromatic rings. The van der Waals surface area contributed by atoms with Gasteiger partial charge in [-0.2, -0.15) is 0 Å². The number of carbonyl (C=O) groups is 1. The Morgan fingerprint density at radius 2 is 2.00 bits per heavy atom. The van der Waals surface area contributed by atoms with Crippen molar-refractivity contribution in [2.45, 2.75) is 13.5 Å². The zero-order valence-electron chi connectivity index (χ0n) is 9.68. The summed E-state index contributed by atoms with van der Waals surface area (Å²) in [4.78, 5) is 12.7. The van der Waals surface area contributed by atoms with E-state index in [-0.39, 0.29) is 0 Å². The van der Waals surface area contributed by atoms with Gasteiger partial charge in [0.25, 0.3) is 0 Å². The predicted octanol–water partition coefficient (Wildman–Crippen LogP) is 2.15. The number of carboxylic acid groups (broad SMARTS) is 1. The molecule has 0 aliphatic rings. The second-order valence-electron chi connectivity index (χ2n) is 3.87. The third kappa shape index (κ3) is 4.28. The predicted molar refractivity (Wildman–Crippen MR) is 64.2 cm³/mol. The lowest BCUT2D eigenvalue weighted by molar-refractivity contribution is -0.132. The van der Waals surface area contributed by atoms with E-state index in [4.69, 9.17) is 5.11 Å². The Balaban J connectivity index is 2.46. The van der Waals surface area contributed by atoms with E-state index >= 15 is 0 Å². The van der Waals surface area contributed by atoms with Crippen molar-refractivity contribution in [1.29, 1.82) is 0 Å². The Kier molecular flexibility index (Phi) is 4.73. The zero-order chi connectivity index (χ0) is 12.0. The quantitative estimate of drug-likeness (QED) is 0.771. The molecule has 3 nitrogen and oxygen atoms in total. The van der Waals surface area contributed by atoms with E-state index in [9.17, 15) is 4.79 Å². The Labute approximate surface area is 96.0 Å². The second-order valence-corrected chi connectivity index (χ2v) is 3.87. The third-order valence-corrected chi connectivity index (χ3v) is 2.34. The summed E-state index contributed by atoms with van der Waals surface area (Å²) >= 11 is 0. The van der Waals surface area contributed by atoms with Crippen molar-refractivity contribution in [3.8, 4) is 0 Å². The highest BCUT2D eigenvalue weighted by molar-refractivity contribution is 5.85. The highest BCUT2D eigenvalue weighted by Crippen LogP contribution is 2.03. The van der Waals surface area contributed by atoms with E-state index in [0.29, 0.717) is 12.1 Å². The summed E-state index contributed by atoms with van der Waals surface area (Å²) in [6.07, 6.45) is 1.73. The Bertz CT molecular complexity index is 371. The van der Waals surface area contributed by atoms with E-state index in [2.05, 4.69) is 17.0 Å². The average Bonchev–Trinajstić information content (AvgIpc) is 2.27. The fraction of sp³-hybridized carbons (Fsp3) is 0.308. The molecule has 0 radical (unpaired) electrons. The molecular weight excluding hydrogens is 202 g/mol. The van der Waals surface area contributed by atoms with Gasteiger partial charge in [-0.25, -0.2) is 4.79 Å². The van der Waals surface area contributed by atoms with E-state index in [1.807, 2.05) is 25.2 Å². The van der Waals surface area contributed by atoms with Crippen LogP contribution in [0.1, 0.15) is 12.5 Å². The highest BCUT2D eigenvalue weighted by Gasteiger charge is 2.01. The molecule has 0 atom stereocenters. The summed E-state index contributed by atoms with van der Waals surface area (Å²) in [7, 11) is 1.97. The van der Waals surface area contributed by atoms with Crippen molar-refractivity contribution in [3.05, 3.63) is 47.5 Å². The van der Waals surface area contributed by atoms with Gasteiger partial charge in [-0.3, -0.25) is 4.90 Å². The molecular formula is C13H17NO2. The molecule has 1 rings (SSSR count). The van der Waals surface area contributed by atoms with E-state index < -0.39 is 5.97 Å². The van der Waals surface area contributed by atoms with Crippen LogP contribution in [-0.2, 0) is 11.3 Å². The van der Waals surface area contributed by atoms with Gasteiger partial charge in [-0.05, 0) is 19.5 Å². The summed E-state index contributed by atoms with van der Waals surface area (Å²) in [5.74, 6) is -0.854. The lowest BCUT2D eigenvalue weighted by Crippen LogP contribution is -2.18. The van der Waals surface area contributed by atoms with Crippen LogP contribution in [-0.4, -0.2) is 29.6 Å². The van der Waals surface area contributed by atoms with Crippen LogP contribution in [0, 0.1) is 0 Å². The Morgan fingerprint density at radius 3 is 2.56 bits per heavy atom. The first-order chi connectivity index (χ1) is 7.59. The van der Waals surface area contributed by atoms with E-state index in [0.717, 1.165) is 6.54 Å². The number of hydrogen-bond donors (Lipinski definition) is 1. The van der Waals surface area contributed by atoms with Crippen molar-refractivity contribution in [1.82, 2.24) is 4.90 Å². The first kappa shape index (κ1) is 12.5. The largest absolute Gasteiger partial charge is 0.478 e. The Morgan fingerprint density at radius 1 is 1.38 bits per heavy atom. The van der Waals surface area contributed by atoms with Gasteiger partial charge >= 0.3 is 5.97 Å². The van der Waals surface area contributed by atoms with Gasteiger partial charge in [0.15, 0.2) is 0 Å². The smallest absolute Gasteiger partial charge is 0.330 e.